The molecule has 1 amide bonds. The molecule has 1 N–H and O–H groups in total. The summed E-state index contributed by atoms with van der Waals surface area (Å²) >= 11 is 0. The number of aliphatic carboxylic acids is 1. The van der Waals surface area contributed by atoms with Crippen LogP contribution < -0.4 is 0 Å². The summed E-state index contributed by atoms with van der Waals surface area (Å²) in [6, 6.07) is 3.40. The molecule has 1 aromatic carbocycles. The van der Waals surface area contributed by atoms with Crippen LogP contribution in [-0.2, 0) is 4.79 Å². The molecule has 1 unspecified atom stereocenters. The summed E-state index contributed by atoms with van der Waals surface area (Å²) in [6.07, 6.45) is 3.28. The maximum Gasteiger partial charge on any atom is 0.303 e. The number of hydrogen-bond donors (Lipinski definition) is 1. The Morgan fingerprint density at radius 3 is 2.73 bits per heavy atom. The van der Waals surface area contributed by atoms with Crippen molar-refractivity contribution in [1.82, 2.24) is 9.88 Å². The zero-order valence-corrected chi connectivity index (χ0v) is 14.0. The van der Waals surface area contributed by atoms with Crippen LogP contribution in [0.4, 0.5) is 8.78 Å². The molecule has 0 bridgehead atoms. The number of aromatic nitrogens is 1. The second kappa shape index (κ2) is 7.63. The third-order valence-corrected chi connectivity index (χ3v) is 4.47. The lowest BCUT2D eigenvalue weighted by atomic mass is 9.93. The fraction of sp³-hybridized carbons (Fsp3) is 0.389. The predicted octanol–water partition coefficient (Wildman–Crippen LogP) is 3.34. The quantitative estimate of drug-likeness (QED) is 0.880. The minimum atomic E-state index is -0.860. The molecule has 2 heterocycles. The highest BCUT2D eigenvalue weighted by Gasteiger charge is 2.27. The molecule has 1 aliphatic rings. The molecule has 1 atom stereocenters. The average molecular weight is 364 g/mol. The summed E-state index contributed by atoms with van der Waals surface area (Å²) in [4.78, 5) is 28.8. The summed E-state index contributed by atoms with van der Waals surface area (Å²) in [5, 5.41) is 8.79. The molecular formula is C18H18F2N2O4. The van der Waals surface area contributed by atoms with E-state index < -0.39 is 29.1 Å². The number of nitrogens with zero attached hydrogens (tertiary/aromatic N) is 2. The van der Waals surface area contributed by atoms with Crippen LogP contribution in [0.1, 0.15) is 36.2 Å². The van der Waals surface area contributed by atoms with Crippen molar-refractivity contribution >= 4 is 11.9 Å². The second-order valence-corrected chi connectivity index (χ2v) is 6.33. The van der Waals surface area contributed by atoms with Gasteiger partial charge in [-0.3, -0.25) is 9.59 Å². The van der Waals surface area contributed by atoms with Crippen molar-refractivity contribution in [1.29, 1.82) is 0 Å². The third kappa shape index (κ3) is 3.89. The van der Waals surface area contributed by atoms with E-state index in [1.54, 1.807) is 4.90 Å². The summed E-state index contributed by atoms with van der Waals surface area (Å²) in [5.41, 5.74) is -0.439. The van der Waals surface area contributed by atoms with Crippen LogP contribution >= 0.6 is 0 Å². The van der Waals surface area contributed by atoms with Gasteiger partial charge in [-0.15, -0.1) is 0 Å². The molecule has 1 saturated heterocycles. The van der Waals surface area contributed by atoms with E-state index in [9.17, 15) is 18.4 Å². The molecule has 0 spiro atoms. The monoisotopic (exact) mass is 364 g/mol. The number of likely N-dealkylation sites (tertiary alicyclic amines) is 1. The van der Waals surface area contributed by atoms with Crippen molar-refractivity contribution in [3.05, 3.63) is 41.8 Å². The van der Waals surface area contributed by atoms with Gasteiger partial charge in [-0.05, 0) is 37.3 Å². The minimum Gasteiger partial charge on any atom is -0.481 e. The van der Waals surface area contributed by atoms with E-state index in [1.165, 1.54) is 6.07 Å². The first kappa shape index (κ1) is 18.0. The van der Waals surface area contributed by atoms with Gasteiger partial charge in [-0.1, -0.05) is 6.07 Å². The van der Waals surface area contributed by atoms with Crippen LogP contribution in [0.25, 0.3) is 11.5 Å². The van der Waals surface area contributed by atoms with Crippen LogP contribution in [0.5, 0.6) is 0 Å². The third-order valence-electron chi connectivity index (χ3n) is 4.47. The maximum atomic E-state index is 13.8. The Bertz CT molecular complexity index is 801. The zero-order valence-electron chi connectivity index (χ0n) is 14.0. The summed E-state index contributed by atoms with van der Waals surface area (Å²) in [6.45, 7) is 0.959. The van der Waals surface area contributed by atoms with Crippen molar-refractivity contribution in [3.8, 4) is 11.5 Å². The first-order valence-corrected chi connectivity index (χ1v) is 8.36. The molecule has 0 saturated carbocycles. The number of carbonyl (C=O) groups excluding carboxylic acids is 1. The van der Waals surface area contributed by atoms with E-state index in [2.05, 4.69) is 4.98 Å². The number of piperidine rings is 1. The van der Waals surface area contributed by atoms with Gasteiger partial charge in [0.2, 0.25) is 5.89 Å². The maximum absolute atomic E-state index is 13.8. The van der Waals surface area contributed by atoms with Gasteiger partial charge >= 0.3 is 5.97 Å². The van der Waals surface area contributed by atoms with Crippen molar-refractivity contribution in [3.63, 3.8) is 0 Å². The molecule has 0 aliphatic carbocycles. The van der Waals surface area contributed by atoms with E-state index in [-0.39, 0.29) is 23.9 Å². The lowest BCUT2D eigenvalue weighted by Crippen LogP contribution is -2.40. The smallest absolute Gasteiger partial charge is 0.303 e. The van der Waals surface area contributed by atoms with Crippen LogP contribution in [0.3, 0.4) is 0 Å². The Morgan fingerprint density at radius 2 is 2.04 bits per heavy atom. The standard InChI is InChI=1S/C18H18F2N2O4/c19-12-4-1-5-13(20)16(12)17-21-14(10-26-17)18(25)22-8-2-3-11(9-22)6-7-15(23)24/h1,4-5,10-11H,2-3,6-9H2,(H,23,24). The van der Waals surface area contributed by atoms with Crippen LogP contribution in [0, 0.1) is 17.6 Å². The molecule has 138 valence electrons. The number of benzene rings is 1. The number of hydrogen-bond acceptors (Lipinski definition) is 4. The highest BCUT2D eigenvalue weighted by atomic mass is 19.1. The Hall–Kier alpha value is -2.77. The highest BCUT2D eigenvalue weighted by Crippen LogP contribution is 2.27. The molecule has 2 aromatic rings. The molecular weight excluding hydrogens is 346 g/mol. The number of amides is 1. The summed E-state index contributed by atoms with van der Waals surface area (Å²) in [5.74, 6) is -3.07. The Kier molecular flexibility index (Phi) is 5.29. The van der Waals surface area contributed by atoms with Crippen LogP contribution in [-0.4, -0.2) is 40.0 Å². The predicted molar refractivity (Wildman–Crippen MR) is 87.4 cm³/mol. The Labute approximate surface area is 148 Å². The average Bonchev–Trinajstić information content (AvgIpc) is 3.09. The molecule has 6 nitrogen and oxygen atoms in total. The first-order chi connectivity index (χ1) is 12.5. The lowest BCUT2D eigenvalue weighted by Gasteiger charge is -2.32. The van der Waals surface area contributed by atoms with Crippen molar-refractivity contribution in [2.45, 2.75) is 25.7 Å². The van der Waals surface area contributed by atoms with Gasteiger partial charge in [-0.25, -0.2) is 13.8 Å². The van der Waals surface area contributed by atoms with Gasteiger partial charge in [-0.2, -0.15) is 0 Å². The van der Waals surface area contributed by atoms with Gasteiger partial charge in [0.05, 0.1) is 0 Å². The van der Waals surface area contributed by atoms with Crippen LogP contribution in [0.15, 0.2) is 28.9 Å². The number of rotatable bonds is 5. The van der Waals surface area contributed by atoms with E-state index in [0.717, 1.165) is 31.2 Å². The first-order valence-electron chi connectivity index (χ1n) is 8.36. The van der Waals surface area contributed by atoms with Gasteiger partial charge in [0.15, 0.2) is 5.69 Å². The molecule has 0 radical (unpaired) electrons. The molecule has 8 heteroatoms. The number of halogens is 2. The molecule has 1 aliphatic heterocycles. The van der Waals surface area contributed by atoms with Gasteiger partial charge in [0.25, 0.3) is 5.91 Å². The molecule has 1 fully saturated rings. The SMILES string of the molecule is O=C(O)CCC1CCCN(C(=O)c2coc(-c3c(F)cccc3F)n2)C1. The van der Waals surface area contributed by atoms with E-state index in [0.29, 0.717) is 19.5 Å². The van der Waals surface area contributed by atoms with Gasteiger partial charge < -0.3 is 14.4 Å². The van der Waals surface area contributed by atoms with E-state index >= 15 is 0 Å². The van der Waals surface area contributed by atoms with Gasteiger partial charge in [0.1, 0.15) is 23.5 Å². The minimum absolute atomic E-state index is 0.0264. The van der Waals surface area contributed by atoms with E-state index in [4.69, 9.17) is 9.52 Å². The topological polar surface area (TPSA) is 83.6 Å². The van der Waals surface area contributed by atoms with Crippen LogP contribution in [0.2, 0.25) is 0 Å². The molecule has 3 rings (SSSR count). The fourth-order valence-electron chi connectivity index (χ4n) is 3.16. The van der Waals surface area contributed by atoms with E-state index in [1.807, 2.05) is 0 Å². The number of carboxylic acids is 1. The van der Waals surface area contributed by atoms with Crippen molar-refractivity contribution in [2.75, 3.05) is 13.1 Å². The summed E-state index contributed by atoms with van der Waals surface area (Å²) < 4.78 is 32.8. The normalized spacial score (nSPS) is 17.3. The highest BCUT2D eigenvalue weighted by molar-refractivity contribution is 5.92. The van der Waals surface area contributed by atoms with Gasteiger partial charge in [0, 0.05) is 19.5 Å². The van der Waals surface area contributed by atoms with Crippen molar-refractivity contribution in [2.24, 2.45) is 5.92 Å². The molecule has 26 heavy (non-hydrogen) atoms. The number of oxazole rings is 1. The number of carbonyl (C=O) groups is 2. The lowest BCUT2D eigenvalue weighted by molar-refractivity contribution is -0.137. The fourth-order valence-corrected chi connectivity index (χ4v) is 3.16. The summed E-state index contributed by atoms with van der Waals surface area (Å²) in [7, 11) is 0. The zero-order chi connectivity index (χ0) is 18.7. The second-order valence-electron chi connectivity index (χ2n) is 6.33. The Morgan fingerprint density at radius 1 is 1.31 bits per heavy atom. The number of carboxylic acid groups (broad SMARTS) is 1. The van der Waals surface area contributed by atoms with Crippen molar-refractivity contribution < 1.29 is 27.9 Å². The molecule has 1 aromatic heterocycles. The largest absolute Gasteiger partial charge is 0.481 e. The Balaban J connectivity index is 1.73.